The van der Waals surface area contributed by atoms with Crippen LogP contribution in [0.2, 0.25) is 0 Å². The van der Waals surface area contributed by atoms with Crippen molar-refractivity contribution in [3.05, 3.63) is 70.3 Å². The third-order valence-corrected chi connectivity index (χ3v) is 5.38. The standard InChI is InChI=1S/C23H25N3O2/c1-3-4-11-26-15-20(19-14-16(2)24-21(19)23(26)28)17-7-9-18(10-8-17)22(27)25-12-5-6-13-25/h3-4,7-10,14-15,24H,5-6,11-13H2,1-2H3/b4-3+. The smallest absolute Gasteiger partial charge is 0.275 e. The van der Waals surface area contributed by atoms with E-state index in [1.165, 1.54) is 0 Å². The Kier molecular flexibility index (Phi) is 4.90. The predicted octanol–water partition coefficient (Wildman–Crippen LogP) is 4.12. The molecule has 3 aromatic rings. The van der Waals surface area contributed by atoms with Gasteiger partial charge in [0, 0.05) is 48.0 Å². The van der Waals surface area contributed by atoms with Gasteiger partial charge in [0.25, 0.3) is 11.5 Å². The number of H-pyrrole nitrogens is 1. The van der Waals surface area contributed by atoms with Crippen LogP contribution in [0.3, 0.4) is 0 Å². The van der Waals surface area contributed by atoms with Crippen molar-refractivity contribution in [3.8, 4) is 11.1 Å². The van der Waals surface area contributed by atoms with Crippen molar-refractivity contribution in [2.24, 2.45) is 0 Å². The molecule has 5 nitrogen and oxygen atoms in total. The van der Waals surface area contributed by atoms with Crippen LogP contribution in [-0.2, 0) is 6.54 Å². The Labute approximate surface area is 164 Å². The number of amides is 1. The predicted molar refractivity (Wildman–Crippen MR) is 113 cm³/mol. The van der Waals surface area contributed by atoms with Crippen LogP contribution in [0, 0.1) is 6.92 Å². The molecule has 2 aromatic heterocycles. The average molecular weight is 375 g/mol. The number of aromatic amines is 1. The van der Waals surface area contributed by atoms with Gasteiger partial charge in [-0.25, -0.2) is 0 Å². The maximum absolute atomic E-state index is 12.8. The number of pyridine rings is 1. The van der Waals surface area contributed by atoms with Gasteiger partial charge >= 0.3 is 0 Å². The normalized spacial score (nSPS) is 14.4. The number of hydrogen-bond acceptors (Lipinski definition) is 2. The highest BCUT2D eigenvalue weighted by Crippen LogP contribution is 2.28. The van der Waals surface area contributed by atoms with Crippen LogP contribution < -0.4 is 5.56 Å². The first-order valence-corrected chi connectivity index (χ1v) is 9.82. The van der Waals surface area contributed by atoms with Crippen LogP contribution in [0.1, 0.15) is 35.8 Å². The fraction of sp³-hybridized carbons (Fsp3) is 0.304. The Balaban J connectivity index is 1.76. The Hall–Kier alpha value is -3.08. The molecule has 1 N–H and O–H groups in total. The molecule has 0 spiro atoms. The van der Waals surface area contributed by atoms with E-state index < -0.39 is 0 Å². The second kappa shape index (κ2) is 7.50. The molecule has 5 heteroatoms. The van der Waals surface area contributed by atoms with E-state index in [4.69, 9.17) is 0 Å². The van der Waals surface area contributed by atoms with Crippen LogP contribution in [0.25, 0.3) is 22.0 Å². The maximum Gasteiger partial charge on any atom is 0.275 e. The van der Waals surface area contributed by atoms with Gasteiger partial charge in [0.05, 0.1) is 0 Å². The zero-order valence-corrected chi connectivity index (χ0v) is 16.4. The summed E-state index contributed by atoms with van der Waals surface area (Å²) in [4.78, 5) is 30.5. The molecule has 1 aliphatic rings. The first-order chi connectivity index (χ1) is 13.6. The Morgan fingerprint density at radius 1 is 1.18 bits per heavy atom. The summed E-state index contributed by atoms with van der Waals surface area (Å²) in [6.45, 7) is 6.12. The highest BCUT2D eigenvalue weighted by molar-refractivity contribution is 5.97. The molecule has 0 bridgehead atoms. The minimum Gasteiger partial charge on any atom is -0.354 e. The summed E-state index contributed by atoms with van der Waals surface area (Å²) < 4.78 is 1.72. The SMILES string of the molecule is C/C=C/Cn1cc(-c2ccc(C(=O)N3CCCC3)cc2)c2cc(C)[nH]c2c1=O. The number of rotatable bonds is 4. The van der Waals surface area contributed by atoms with Crippen molar-refractivity contribution >= 4 is 16.8 Å². The quantitative estimate of drug-likeness (QED) is 0.698. The van der Waals surface area contributed by atoms with E-state index in [0.717, 1.165) is 53.7 Å². The molecule has 1 aromatic carbocycles. The van der Waals surface area contributed by atoms with Gasteiger partial charge in [0.15, 0.2) is 0 Å². The van der Waals surface area contributed by atoms with Gasteiger partial charge in [-0.3, -0.25) is 9.59 Å². The molecule has 0 saturated carbocycles. The summed E-state index contributed by atoms with van der Waals surface area (Å²) >= 11 is 0. The summed E-state index contributed by atoms with van der Waals surface area (Å²) in [5.74, 6) is 0.102. The number of hydrogen-bond donors (Lipinski definition) is 1. The zero-order valence-electron chi connectivity index (χ0n) is 16.4. The van der Waals surface area contributed by atoms with E-state index in [1.54, 1.807) is 4.57 Å². The number of allylic oxidation sites excluding steroid dienone is 2. The van der Waals surface area contributed by atoms with Crippen molar-refractivity contribution in [3.63, 3.8) is 0 Å². The lowest BCUT2D eigenvalue weighted by molar-refractivity contribution is 0.0793. The number of aryl methyl sites for hydroxylation is 1. The van der Waals surface area contributed by atoms with Crippen molar-refractivity contribution in [2.75, 3.05) is 13.1 Å². The Morgan fingerprint density at radius 3 is 2.57 bits per heavy atom. The molecule has 1 amide bonds. The molecule has 4 rings (SSSR count). The average Bonchev–Trinajstić information content (AvgIpc) is 3.37. The van der Waals surface area contributed by atoms with Gasteiger partial charge in [-0.05, 0) is 50.5 Å². The number of fused-ring (bicyclic) bond motifs is 1. The molecule has 1 fully saturated rings. The van der Waals surface area contributed by atoms with Crippen LogP contribution in [0.15, 0.2) is 53.5 Å². The third-order valence-electron chi connectivity index (χ3n) is 5.38. The highest BCUT2D eigenvalue weighted by atomic mass is 16.2. The summed E-state index contributed by atoms with van der Waals surface area (Å²) in [5, 5.41) is 0.915. The van der Waals surface area contributed by atoms with E-state index in [9.17, 15) is 9.59 Å². The Morgan fingerprint density at radius 2 is 1.89 bits per heavy atom. The second-order valence-electron chi connectivity index (χ2n) is 7.39. The van der Waals surface area contributed by atoms with Crippen molar-refractivity contribution in [1.29, 1.82) is 0 Å². The Bertz CT molecular complexity index is 1100. The zero-order chi connectivity index (χ0) is 19.7. The number of carbonyl (C=O) groups is 1. The van der Waals surface area contributed by atoms with E-state index in [0.29, 0.717) is 12.1 Å². The second-order valence-corrected chi connectivity index (χ2v) is 7.39. The monoisotopic (exact) mass is 375 g/mol. The molecular weight excluding hydrogens is 350 g/mol. The van der Waals surface area contributed by atoms with Crippen LogP contribution in [-0.4, -0.2) is 33.4 Å². The number of carbonyl (C=O) groups excluding carboxylic acids is 1. The summed E-state index contributed by atoms with van der Waals surface area (Å²) in [6, 6.07) is 9.75. The van der Waals surface area contributed by atoms with Gasteiger partial charge in [-0.15, -0.1) is 0 Å². The number of nitrogens with zero attached hydrogens (tertiary/aromatic N) is 2. The molecule has 0 radical (unpaired) electrons. The molecular formula is C23H25N3O2. The largest absolute Gasteiger partial charge is 0.354 e. The number of aromatic nitrogens is 2. The molecule has 0 unspecified atom stereocenters. The van der Waals surface area contributed by atoms with Crippen molar-refractivity contribution in [1.82, 2.24) is 14.5 Å². The number of nitrogens with one attached hydrogen (secondary N) is 1. The van der Waals surface area contributed by atoms with Crippen LogP contribution in [0.5, 0.6) is 0 Å². The summed E-state index contributed by atoms with van der Waals surface area (Å²) in [7, 11) is 0. The lowest BCUT2D eigenvalue weighted by Crippen LogP contribution is -2.27. The summed E-state index contributed by atoms with van der Waals surface area (Å²) in [5.41, 5.74) is 4.26. The molecule has 28 heavy (non-hydrogen) atoms. The topological polar surface area (TPSA) is 58.1 Å². The van der Waals surface area contributed by atoms with Crippen LogP contribution >= 0.6 is 0 Å². The molecule has 1 saturated heterocycles. The van der Waals surface area contributed by atoms with E-state index in [1.807, 2.05) is 67.4 Å². The molecule has 1 aliphatic heterocycles. The molecule has 144 valence electrons. The fourth-order valence-electron chi connectivity index (χ4n) is 3.88. The van der Waals surface area contributed by atoms with Gasteiger partial charge in [0.1, 0.15) is 5.52 Å². The third kappa shape index (κ3) is 3.28. The number of likely N-dealkylation sites (tertiary alicyclic amines) is 1. The lowest BCUT2D eigenvalue weighted by Gasteiger charge is -2.15. The van der Waals surface area contributed by atoms with Crippen molar-refractivity contribution in [2.45, 2.75) is 33.2 Å². The van der Waals surface area contributed by atoms with E-state index in [-0.39, 0.29) is 11.5 Å². The highest BCUT2D eigenvalue weighted by Gasteiger charge is 2.19. The minimum atomic E-state index is -0.0224. The molecule has 3 heterocycles. The lowest BCUT2D eigenvalue weighted by atomic mass is 10.0. The van der Waals surface area contributed by atoms with Crippen LogP contribution in [0.4, 0.5) is 0 Å². The maximum atomic E-state index is 12.8. The number of benzene rings is 1. The molecule has 0 aliphatic carbocycles. The first-order valence-electron chi connectivity index (χ1n) is 9.82. The fourth-order valence-corrected chi connectivity index (χ4v) is 3.88. The van der Waals surface area contributed by atoms with Crippen molar-refractivity contribution < 1.29 is 4.79 Å². The van der Waals surface area contributed by atoms with Gasteiger partial charge in [-0.1, -0.05) is 24.3 Å². The van der Waals surface area contributed by atoms with E-state index in [2.05, 4.69) is 4.98 Å². The van der Waals surface area contributed by atoms with Gasteiger partial charge < -0.3 is 14.5 Å². The van der Waals surface area contributed by atoms with Gasteiger partial charge in [0.2, 0.25) is 0 Å². The van der Waals surface area contributed by atoms with E-state index >= 15 is 0 Å². The minimum absolute atomic E-state index is 0.0224. The first kappa shape index (κ1) is 18.3. The van der Waals surface area contributed by atoms with Gasteiger partial charge in [-0.2, -0.15) is 0 Å². The summed E-state index contributed by atoms with van der Waals surface area (Å²) in [6.07, 6.45) is 7.99. The molecule has 0 atom stereocenters.